The molecule has 0 amide bonds. The van der Waals surface area contributed by atoms with Crippen molar-refractivity contribution in [1.82, 2.24) is 0 Å². The molecule has 0 aromatic rings. The zero-order chi connectivity index (χ0) is 16.0. The quantitative estimate of drug-likeness (QED) is 0.743. The molecule has 0 saturated heterocycles. The third-order valence-corrected chi connectivity index (χ3v) is 6.23. The Morgan fingerprint density at radius 1 is 0.591 bits per heavy atom. The van der Waals surface area contributed by atoms with Crippen LogP contribution in [-0.4, -0.2) is 11.6 Å². The lowest BCUT2D eigenvalue weighted by atomic mass is 9.63. The standard InChI is InChI=1S/C20H24O2/c1-5-11-9-12(6-2)16-15(11)19(21)17-13(7-3)10-14(8-4)18(17)20(16)22/h5-8,11-18H,1-4,9-10H2/t11-,12+,13-,14+,15+,16-,17+,18-. The third kappa shape index (κ3) is 1.86. The molecule has 0 aromatic carbocycles. The van der Waals surface area contributed by atoms with Gasteiger partial charge in [0.15, 0.2) is 0 Å². The van der Waals surface area contributed by atoms with Crippen LogP contribution in [0.2, 0.25) is 0 Å². The van der Waals surface area contributed by atoms with Crippen LogP contribution in [0.3, 0.4) is 0 Å². The fourth-order valence-electron chi connectivity index (χ4n) is 5.25. The number of ketones is 2. The lowest BCUT2D eigenvalue weighted by Gasteiger charge is -2.37. The molecule has 116 valence electrons. The summed E-state index contributed by atoms with van der Waals surface area (Å²) in [5, 5.41) is 0. The second-order valence-corrected chi connectivity index (χ2v) is 6.98. The largest absolute Gasteiger partial charge is 0.299 e. The molecular formula is C20H24O2. The Kier molecular flexibility index (Phi) is 3.80. The summed E-state index contributed by atoms with van der Waals surface area (Å²) in [6.07, 6.45) is 9.06. The summed E-state index contributed by atoms with van der Waals surface area (Å²) in [6.45, 7) is 15.5. The number of carbonyl (C=O) groups is 2. The minimum Gasteiger partial charge on any atom is -0.299 e. The molecule has 0 bridgehead atoms. The zero-order valence-electron chi connectivity index (χ0n) is 13.0. The van der Waals surface area contributed by atoms with Gasteiger partial charge in [-0.25, -0.2) is 0 Å². The van der Waals surface area contributed by atoms with Crippen LogP contribution in [0.15, 0.2) is 50.6 Å². The topological polar surface area (TPSA) is 34.1 Å². The summed E-state index contributed by atoms with van der Waals surface area (Å²) >= 11 is 0. The first-order valence-electron chi connectivity index (χ1n) is 8.16. The maximum absolute atomic E-state index is 13.2. The normalized spacial score (nSPS) is 46.7. The molecule has 8 atom stereocenters. The number of allylic oxidation sites excluding steroid dienone is 4. The van der Waals surface area contributed by atoms with E-state index < -0.39 is 0 Å². The predicted molar refractivity (Wildman–Crippen MR) is 88.0 cm³/mol. The minimum absolute atomic E-state index is 0.0960. The van der Waals surface area contributed by atoms with Crippen molar-refractivity contribution in [2.24, 2.45) is 47.3 Å². The number of carbonyl (C=O) groups excluding carboxylic acids is 2. The van der Waals surface area contributed by atoms with E-state index in [-0.39, 0.29) is 58.9 Å². The molecule has 2 nitrogen and oxygen atoms in total. The van der Waals surface area contributed by atoms with Crippen molar-refractivity contribution in [2.45, 2.75) is 12.8 Å². The maximum Gasteiger partial charge on any atom is 0.141 e. The van der Waals surface area contributed by atoms with Gasteiger partial charge >= 0.3 is 0 Å². The van der Waals surface area contributed by atoms with Crippen LogP contribution in [0, 0.1) is 47.3 Å². The molecule has 3 aliphatic carbocycles. The summed E-state index contributed by atoms with van der Waals surface area (Å²) < 4.78 is 0. The lowest BCUT2D eigenvalue weighted by molar-refractivity contribution is -0.147. The molecule has 22 heavy (non-hydrogen) atoms. The first-order chi connectivity index (χ1) is 10.6. The Bertz CT molecular complexity index is 464. The fourth-order valence-corrected chi connectivity index (χ4v) is 5.25. The Morgan fingerprint density at radius 3 is 1.00 bits per heavy atom. The van der Waals surface area contributed by atoms with Crippen LogP contribution in [0.1, 0.15) is 12.8 Å². The van der Waals surface area contributed by atoms with Gasteiger partial charge in [-0.15, -0.1) is 26.3 Å². The van der Waals surface area contributed by atoms with Gasteiger partial charge in [-0.1, -0.05) is 24.3 Å². The number of Topliss-reactive ketones (excluding diaryl/α,β-unsaturated/α-hetero) is 2. The average molecular weight is 296 g/mol. The molecule has 0 radical (unpaired) electrons. The second-order valence-electron chi connectivity index (χ2n) is 6.98. The lowest BCUT2D eigenvalue weighted by Crippen LogP contribution is -2.48. The van der Waals surface area contributed by atoms with Crippen molar-refractivity contribution < 1.29 is 9.59 Å². The summed E-state index contributed by atoms with van der Waals surface area (Å²) in [5.41, 5.74) is 0. The second kappa shape index (κ2) is 5.49. The van der Waals surface area contributed by atoms with E-state index in [1.54, 1.807) is 0 Å². The van der Waals surface area contributed by atoms with Crippen LogP contribution in [0.25, 0.3) is 0 Å². The van der Waals surface area contributed by atoms with E-state index in [1.165, 1.54) is 0 Å². The van der Waals surface area contributed by atoms with Gasteiger partial charge < -0.3 is 0 Å². The first kappa shape index (κ1) is 15.2. The molecule has 3 rings (SSSR count). The van der Waals surface area contributed by atoms with Crippen molar-refractivity contribution in [3.63, 3.8) is 0 Å². The zero-order valence-corrected chi connectivity index (χ0v) is 13.0. The van der Waals surface area contributed by atoms with E-state index in [4.69, 9.17) is 0 Å². The van der Waals surface area contributed by atoms with E-state index in [9.17, 15) is 9.59 Å². The van der Waals surface area contributed by atoms with Crippen molar-refractivity contribution in [3.8, 4) is 0 Å². The highest BCUT2D eigenvalue weighted by atomic mass is 16.1. The molecule has 0 heterocycles. The Hall–Kier alpha value is -1.70. The van der Waals surface area contributed by atoms with Gasteiger partial charge in [0.2, 0.25) is 0 Å². The van der Waals surface area contributed by atoms with Crippen LogP contribution < -0.4 is 0 Å². The van der Waals surface area contributed by atoms with Crippen molar-refractivity contribution >= 4 is 11.6 Å². The van der Waals surface area contributed by atoms with Gasteiger partial charge in [-0.3, -0.25) is 9.59 Å². The van der Waals surface area contributed by atoms with Crippen LogP contribution in [-0.2, 0) is 9.59 Å². The fraction of sp³-hybridized carbons (Fsp3) is 0.500. The van der Waals surface area contributed by atoms with Gasteiger partial charge in [0.1, 0.15) is 11.6 Å². The van der Waals surface area contributed by atoms with E-state index in [0.717, 1.165) is 12.8 Å². The van der Waals surface area contributed by atoms with Crippen molar-refractivity contribution in [2.75, 3.05) is 0 Å². The van der Waals surface area contributed by atoms with Gasteiger partial charge in [0.05, 0.1) is 0 Å². The molecule has 3 aliphatic rings. The number of fused-ring (bicyclic) bond motifs is 2. The molecule has 2 heteroatoms. The van der Waals surface area contributed by atoms with E-state index in [0.29, 0.717) is 0 Å². The van der Waals surface area contributed by atoms with Gasteiger partial charge in [-0.2, -0.15) is 0 Å². The van der Waals surface area contributed by atoms with Crippen LogP contribution in [0.5, 0.6) is 0 Å². The van der Waals surface area contributed by atoms with Gasteiger partial charge in [0, 0.05) is 23.7 Å². The van der Waals surface area contributed by atoms with E-state index in [2.05, 4.69) is 26.3 Å². The summed E-state index contributed by atoms with van der Waals surface area (Å²) in [6, 6.07) is 0. The predicted octanol–water partition coefficient (Wildman–Crippen LogP) is 3.62. The average Bonchev–Trinajstić information content (AvgIpc) is 3.10. The molecule has 3 fully saturated rings. The van der Waals surface area contributed by atoms with Crippen LogP contribution in [0.4, 0.5) is 0 Å². The van der Waals surface area contributed by atoms with Gasteiger partial charge in [-0.05, 0) is 36.5 Å². The maximum atomic E-state index is 13.2. The van der Waals surface area contributed by atoms with E-state index in [1.807, 2.05) is 24.3 Å². The minimum atomic E-state index is -0.208. The highest BCUT2D eigenvalue weighted by Crippen LogP contribution is 2.56. The molecule has 0 spiro atoms. The number of hydrogen-bond donors (Lipinski definition) is 0. The van der Waals surface area contributed by atoms with Crippen molar-refractivity contribution in [3.05, 3.63) is 50.6 Å². The molecular weight excluding hydrogens is 272 g/mol. The summed E-state index contributed by atoms with van der Waals surface area (Å²) in [5.74, 6) is 0.0480. The highest BCUT2D eigenvalue weighted by Gasteiger charge is 2.61. The molecule has 0 N–H and O–H groups in total. The van der Waals surface area contributed by atoms with Gasteiger partial charge in [0.25, 0.3) is 0 Å². The molecule has 0 unspecified atom stereocenters. The number of rotatable bonds is 4. The first-order valence-corrected chi connectivity index (χ1v) is 8.16. The molecule has 0 aromatic heterocycles. The Balaban J connectivity index is 2.06. The monoisotopic (exact) mass is 296 g/mol. The SMILES string of the molecule is C=C[C@@H]1C[C@H](C=C)[C@H]2C(=O)[C@H]3[C@@H](C(=O)[C@H]21)[C@H](C=C)C[C@@H]3C=C. The van der Waals surface area contributed by atoms with E-state index >= 15 is 0 Å². The summed E-state index contributed by atoms with van der Waals surface area (Å²) in [4.78, 5) is 26.4. The highest BCUT2D eigenvalue weighted by molar-refractivity contribution is 6.01. The Morgan fingerprint density at radius 2 is 0.818 bits per heavy atom. The summed E-state index contributed by atoms with van der Waals surface area (Å²) in [7, 11) is 0. The van der Waals surface area contributed by atoms with Crippen LogP contribution >= 0.6 is 0 Å². The third-order valence-electron chi connectivity index (χ3n) is 6.23. The number of hydrogen-bond acceptors (Lipinski definition) is 2. The Labute approximate surface area is 132 Å². The smallest absolute Gasteiger partial charge is 0.141 e. The van der Waals surface area contributed by atoms with Crippen molar-refractivity contribution in [1.29, 1.82) is 0 Å². The molecule has 3 saturated carbocycles. The molecule has 0 aliphatic heterocycles.